The van der Waals surface area contributed by atoms with Gasteiger partial charge in [0.25, 0.3) is 0 Å². The fraction of sp³-hybridized carbons (Fsp3) is 0.368. The Hall–Kier alpha value is -1.72. The van der Waals surface area contributed by atoms with Crippen LogP contribution in [0, 0.1) is 5.82 Å². The Balaban J connectivity index is 1.96. The number of sulfone groups is 1. The van der Waals surface area contributed by atoms with Gasteiger partial charge in [-0.1, -0.05) is 19.1 Å². The lowest BCUT2D eigenvalue weighted by Gasteiger charge is -2.26. The summed E-state index contributed by atoms with van der Waals surface area (Å²) in [4.78, 5) is 0.249. The Morgan fingerprint density at radius 1 is 1.17 bits per heavy atom. The van der Waals surface area contributed by atoms with E-state index in [0.29, 0.717) is 5.92 Å². The highest BCUT2D eigenvalue weighted by atomic mass is 32.2. The minimum absolute atomic E-state index is 0.00228. The molecule has 0 spiro atoms. The fourth-order valence-electron chi connectivity index (χ4n) is 3.36. The average Bonchev–Trinajstić information content (AvgIpc) is 2.59. The van der Waals surface area contributed by atoms with Crippen LogP contribution in [0.3, 0.4) is 0 Å². The van der Waals surface area contributed by atoms with Crippen LogP contribution in [0.1, 0.15) is 36.8 Å². The van der Waals surface area contributed by atoms with Crippen molar-refractivity contribution in [3.8, 4) is 0 Å². The molecule has 0 heterocycles. The van der Waals surface area contributed by atoms with Gasteiger partial charge < -0.3 is 5.32 Å². The van der Waals surface area contributed by atoms with Gasteiger partial charge in [-0.3, -0.25) is 0 Å². The summed E-state index contributed by atoms with van der Waals surface area (Å²) < 4.78 is 38.9. The van der Waals surface area contributed by atoms with Crippen LogP contribution in [0.2, 0.25) is 0 Å². The Kier molecular flexibility index (Phi) is 5.01. The summed E-state index contributed by atoms with van der Waals surface area (Å²) in [6, 6.07) is 10.5. The van der Waals surface area contributed by atoms with E-state index in [4.69, 9.17) is 0 Å². The number of fused-ring (bicyclic) bond motifs is 1. The molecule has 0 bridgehead atoms. The summed E-state index contributed by atoms with van der Waals surface area (Å²) in [5, 5.41) is 3.38. The minimum Gasteiger partial charge on any atom is -0.316 e. The van der Waals surface area contributed by atoms with Gasteiger partial charge in [-0.15, -0.1) is 0 Å². The number of likely N-dealkylation sites (N-methyl/N-ethyl adjacent to an activating group) is 1. The van der Waals surface area contributed by atoms with Crippen LogP contribution in [0.5, 0.6) is 0 Å². The van der Waals surface area contributed by atoms with Gasteiger partial charge in [-0.05, 0) is 73.2 Å². The van der Waals surface area contributed by atoms with Crippen molar-refractivity contribution in [1.29, 1.82) is 0 Å². The molecule has 0 aliphatic heterocycles. The zero-order chi connectivity index (χ0) is 17.2. The molecule has 0 aromatic heterocycles. The van der Waals surface area contributed by atoms with Crippen LogP contribution in [0.25, 0.3) is 0 Å². The normalized spacial score (nSPS) is 17.5. The second-order valence-corrected chi connectivity index (χ2v) is 8.17. The summed E-state index contributed by atoms with van der Waals surface area (Å²) in [6.45, 7) is 3.93. The molecular formula is C19H22FNO2S. The molecule has 0 radical (unpaired) electrons. The Morgan fingerprint density at radius 2 is 1.96 bits per heavy atom. The molecule has 0 saturated carbocycles. The second-order valence-electron chi connectivity index (χ2n) is 6.22. The fourth-order valence-corrected chi connectivity index (χ4v) is 4.70. The number of hydrogen-bond donors (Lipinski definition) is 1. The van der Waals surface area contributed by atoms with Gasteiger partial charge in [0.2, 0.25) is 9.84 Å². The highest BCUT2D eigenvalue weighted by Gasteiger charge is 2.24. The van der Waals surface area contributed by atoms with Gasteiger partial charge in [0.1, 0.15) is 5.82 Å². The summed E-state index contributed by atoms with van der Waals surface area (Å²) in [7, 11) is -3.69. The first-order chi connectivity index (χ1) is 11.5. The highest BCUT2D eigenvalue weighted by molar-refractivity contribution is 7.91. The van der Waals surface area contributed by atoms with E-state index in [2.05, 4.69) is 12.2 Å². The zero-order valence-corrected chi connectivity index (χ0v) is 14.6. The molecule has 2 aromatic carbocycles. The van der Waals surface area contributed by atoms with Crippen LogP contribution >= 0.6 is 0 Å². The molecule has 1 aliphatic carbocycles. The van der Waals surface area contributed by atoms with Crippen molar-refractivity contribution < 1.29 is 12.8 Å². The first-order valence-corrected chi connectivity index (χ1v) is 9.85. The zero-order valence-electron chi connectivity index (χ0n) is 13.8. The molecule has 0 fully saturated rings. The molecule has 3 rings (SSSR count). The van der Waals surface area contributed by atoms with Crippen LogP contribution in [0.15, 0.2) is 52.3 Å². The molecule has 1 unspecified atom stereocenters. The van der Waals surface area contributed by atoms with Crippen molar-refractivity contribution in [2.45, 2.75) is 41.9 Å². The van der Waals surface area contributed by atoms with E-state index in [1.54, 1.807) is 12.1 Å². The van der Waals surface area contributed by atoms with Gasteiger partial charge in [0, 0.05) is 6.54 Å². The predicted octanol–water partition coefficient (Wildman–Crippen LogP) is 3.69. The smallest absolute Gasteiger partial charge is 0.206 e. The summed E-state index contributed by atoms with van der Waals surface area (Å²) in [5.41, 5.74) is 2.34. The predicted molar refractivity (Wildman–Crippen MR) is 92.5 cm³/mol. The van der Waals surface area contributed by atoms with E-state index in [1.165, 1.54) is 23.8 Å². The maximum Gasteiger partial charge on any atom is 0.206 e. The largest absolute Gasteiger partial charge is 0.316 e. The molecule has 128 valence electrons. The number of rotatable bonds is 5. The number of aryl methyl sites for hydroxylation is 1. The summed E-state index contributed by atoms with van der Waals surface area (Å²) >= 11 is 0. The molecule has 2 aromatic rings. The average molecular weight is 347 g/mol. The lowest BCUT2D eigenvalue weighted by Crippen LogP contribution is -2.24. The van der Waals surface area contributed by atoms with Crippen molar-refractivity contribution >= 4 is 9.84 Å². The van der Waals surface area contributed by atoms with E-state index in [-0.39, 0.29) is 9.79 Å². The van der Waals surface area contributed by atoms with E-state index in [9.17, 15) is 12.8 Å². The van der Waals surface area contributed by atoms with E-state index >= 15 is 0 Å². The van der Waals surface area contributed by atoms with Crippen molar-refractivity contribution in [2.75, 3.05) is 13.1 Å². The van der Waals surface area contributed by atoms with Crippen molar-refractivity contribution in [1.82, 2.24) is 5.32 Å². The molecule has 1 N–H and O–H groups in total. The maximum absolute atomic E-state index is 13.4. The molecule has 24 heavy (non-hydrogen) atoms. The van der Waals surface area contributed by atoms with Gasteiger partial charge in [-0.2, -0.15) is 0 Å². The van der Waals surface area contributed by atoms with Gasteiger partial charge in [-0.25, -0.2) is 12.8 Å². The van der Waals surface area contributed by atoms with E-state index in [0.717, 1.165) is 44.0 Å². The van der Waals surface area contributed by atoms with Crippen LogP contribution in [0.4, 0.5) is 4.39 Å². The maximum atomic E-state index is 13.4. The minimum atomic E-state index is -3.69. The third-order valence-electron chi connectivity index (χ3n) is 4.61. The summed E-state index contributed by atoms with van der Waals surface area (Å²) in [5.74, 6) is -0.112. The molecule has 3 nitrogen and oxygen atoms in total. The molecule has 5 heteroatoms. The van der Waals surface area contributed by atoms with Gasteiger partial charge in [0.15, 0.2) is 0 Å². The lowest BCUT2D eigenvalue weighted by atomic mass is 9.83. The first kappa shape index (κ1) is 17.1. The Labute approximate surface area is 142 Å². The van der Waals surface area contributed by atoms with Crippen LogP contribution < -0.4 is 5.32 Å². The lowest BCUT2D eigenvalue weighted by molar-refractivity contribution is 0.514. The molecule has 0 amide bonds. The number of benzene rings is 2. The van der Waals surface area contributed by atoms with E-state index in [1.807, 2.05) is 6.07 Å². The highest BCUT2D eigenvalue weighted by Crippen LogP contribution is 2.33. The third-order valence-corrected chi connectivity index (χ3v) is 6.36. The van der Waals surface area contributed by atoms with Crippen molar-refractivity contribution in [3.63, 3.8) is 0 Å². The monoisotopic (exact) mass is 347 g/mol. The number of halogens is 1. The Morgan fingerprint density at radius 3 is 2.71 bits per heavy atom. The van der Waals surface area contributed by atoms with E-state index < -0.39 is 15.7 Å². The second kappa shape index (κ2) is 7.03. The molecule has 1 aliphatic rings. The first-order valence-electron chi connectivity index (χ1n) is 8.36. The molecule has 1 atom stereocenters. The standard InChI is InChI=1S/C19H22FNO2S/c1-2-21-13-15-6-3-5-14-11-18(9-10-19(14)15)24(22,23)17-8-4-7-16(20)12-17/h4,7-12,15,21H,2-3,5-6,13H2,1H3. The van der Waals surface area contributed by atoms with Crippen LogP contribution in [-0.2, 0) is 16.3 Å². The number of hydrogen-bond acceptors (Lipinski definition) is 3. The topological polar surface area (TPSA) is 46.2 Å². The van der Waals surface area contributed by atoms with Crippen molar-refractivity contribution in [3.05, 3.63) is 59.4 Å². The van der Waals surface area contributed by atoms with Gasteiger partial charge >= 0.3 is 0 Å². The third kappa shape index (κ3) is 3.37. The van der Waals surface area contributed by atoms with Gasteiger partial charge in [0.05, 0.1) is 9.79 Å². The molecular weight excluding hydrogens is 325 g/mol. The van der Waals surface area contributed by atoms with Crippen molar-refractivity contribution in [2.24, 2.45) is 0 Å². The number of nitrogens with one attached hydrogen (secondary N) is 1. The summed E-state index contributed by atoms with van der Waals surface area (Å²) in [6.07, 6.45) is 3.08. The van der Waals surface area contributed by atoms with Crippen LogP contribution in [-0.4, -0.2) is 21.5 Å². The quantitative estimate of drug-likeness (QED) is 0.897. The SMILES string of the molecule is CCNCC1CCCc2cc(S(=O)(=O)c3cccc(F)c3)ccc21. The molecule has 0 saturated heterocycles. The Bertz CT molecular complexity index is 833.